The molecule has 47 heavy (non-hydrogen) atoms. The number of imide groups is 1. The summed E-state index contributed by atoms with van der Waals surface area (Å²) >= 11 is 5.87. The monoisotopic (exact) mass is 687 g/mol. The Morgan fingerprint density at radius 1 is 1.09 bits per heavy atom. The molecule has 16 heteroatoms. The zero-order valence-corrected chi connectivity index (χ0v) is 28.3. The number of hydrogen-bond donors (Lipinski definition) is 3. The molecule has 3 fully saturated rings. The molecule has 2 amide bonds. The second-order valence-corrected chi connectivity index (χ2v) is 14.1. The molecule has 3 aliphatic rings. The molecule has 2 unspecified atom stereocenters. The van der Waals surface area contributed by atoms with Gasteiger partial charge in [0.2, 0.25) is 17.8 Å². The summed E-state index contributed by atoms with van der Waals surface area (Å²) in [7, 11) is 0.946. The lowest BCUT2D eigenvalue weighted by molar-refractivity contribution is -0.134. The first-order valence-corrected chi connectivity index (χ1v) is 17.6. The number of carboxylic acid groups (broad SMARTS) is 1. The molecule has 3 saturated heterocycles. The third-order valence-corrected chi connectivity index (χ3v) is 10.7. The molecule has 5 heterocycles. The molecule has 2 aromatic heterocycles. The number of aromatic nitrogens is 4. The van der Waals surface area contributed by atoms with Gasteiger partial charge in [-0.05, 0) is 56.8 Å². The summed E-state index contributed by atoms with van der Waals surface area (Å²) in [5.74, 6) is 0.391. The molecule has 1 aromatic carbocycles. The van der Waals surface area contributed by atoms with Crippen LogP contribution in [0.25, 0.3) is 10.9 Å². The maximum Gasteiger partial charge on any atom is 0.290 e. The van der Waals surface area contributed by atoms with Crippen LogP contribution in [-0.2, 0) is 32.4 Å². The van der Waals surface area contributed by atoms with Crippen LogP contribution < -0.4 is 15.5 Å². The zero-order valence-electron chi connectivity index (χ0n) is 26.7. The lowest BCUT2D eigenvalue weighted by Gasteiger charge is -2.37. The Morgan fingerprint density at radius 2 is 1.77 bits per heavy atom. The highest BCUT2D eigenvalue weighted by atomic mass is 35.5. The maximum absolute atomic E-state index is 13.0. The largest absolute Gasteiger partial charge is 0.483 e. The highest BCUT2D eigenvalue weighted by molar-refractivity contribution is 7.82. The zero-order chi connectivity index (χ0) is 33.5. The molecule has 0 bridgehead atoms. The van der Waals surface area contributed by atoms with Crippen LogP contribution in [0.1, 0.15) is 49.3 Å². The third kappa shape index (κ3) is 8.63. The van der Waals surface area contributed by atoms with Crippen molar-refractivity contribution in [2.45, 2.75) is 51.0 Å². The molecule has 3 aliphatic heterocycles. The first kappa shape index (κ1) is 34.7. The van der Waals surface area contributed by atoms with Gasteiger partial charge >= 0.3 is 0 Å². The van der Waals surface area contributed by atoms with Crippen LogP contribution in [0.15, 0.2) is 24.5 Å². The summed E-state index contributed by atoms with van der Waals surface area (Å²) in [5.41, 5.74) is 4.09. The predicted molar refractivity (Wildman–Crippen MR) is 181 cm³/mol. The molecule has 3 aromatic rings. The van der Waals surface area contributed by atoms with E-state index in [1.165, 1.54) is 5.69 Å². The Morgan fingerprint density at radius 3 is 2.43 bits per heavy atom. The number of rotatable bonds is 9. The quantitative estimate of drug-likeness (QED) is 0.223. The minimum absolute atomic E-state index is 0.215. The number of nitrogens with zero attached hydrogens (tertiary/aromatic N) is 7. The molecule has 0 aliphatic carbocycles. The fourth-order valence-electron chi connectivity index (χ4n) is 6.51. The molecule has 6 rings (SSSR count). The summed E-state index contributed by atoms with van der Waals surface area (Å²) in [5, 5.41) is 18.9. The minimum atomic E-state index is -0.965. The number of carbonyl (C=O) groups excluding carboxylic acids is 2. The Labute approximate surface area is 281 Å². The summed E-state index contributed by atoms with van der Waals surface area (Å²) in [4.78, 5) is 45.9. The Bertz CT molecular complexity index is 1590. The van der Waals surface area contributed by atoms with Crippen molar-refractivity contribution in [1.82, 2.24) is 34.3 Å². The summed E-state index contributed by atoms with van der Waals surface area (Å²) in [6, 6.07) is 4.60. The van der Waals surface area contributed by atoms with Gasteiger partial charge in [-0.25, -0.2) is 18.5 Å². The lowest BCUT2D eigenvalue weighted by atomic mass is 9.92. The van der Waals surface area contributed by atoms with Crippen LogP contribution in [0.4, 0.5) is 11.6 Å². The van der Waals surface area contributed by atoms with E-state index < -0.39 is 16.9 Å². The second kappa shape index (κ2) is 16.0. The van der Waals surface area contributed by atoms with E-state index in [9.17, 15) is 13.8 Å². The topological polar surface area (TPSA) is 166 Å². The van der Waals surface area contributed by atoms with Crippen molar-refractivity contribution in [2.75, 3.05) is 61.8 Å². The van der Waals surface area contributed by atoms with Gasteiger partial charge in [0.05, 0.1) is 45.5 Å². The fourth-order valence-corrected chi connectivity index (χ4v) is 7.86. The van der Waals surface area contributed by atoms with E-state index >= 15 is 0 Å². The number of anilines is 2. The number of hydrogen-bond acceptors (Lipinski definition) is 10. The number of aryl methyl sites for hydroxylation is 2. The van der Waals surface area contributed by atoms with Gasteiger partial charge in [0, 0.05) is 75.6 Å². The second-order valence-electron chi connectivity index (χ2n) is 12.1. The van der Waals surface area contributed by atoms with Gasteiger partial charge in [0.15, 0.2) is 0 Å². The van der Waals surface area contributed by atoms with E-state index in [1.807, 2.05) is 11.7 Å². The normalized spacial score (nSPS) is 20.4. The predicted octanol–water partition coefficient (Wildman–Crippen LogP) is 2.30. The van der Waals surface area contributed by atoms with Crippen molar-refractivity contribution in [2.24, 2.45) is 7.05 Å². The molecule has 0 saturated carbocycles. The Kier molecular flexibility index (Phi) is 11.8. The van der Waals surface area contributed by atoms with E-state index in [1.54, 1.807) is 12.4 Å². The van der Waals surface area contributed by atoms with E-state index in [4.69, 9.17) is 26.6 Å². The molecule has 0 radical (unpaired) electrons. The van der Waals surface area contributed by atoms with Gasteiger partial charge in [-0.2, -0.15) is 5.10 Å². The van der Waals surface area contributed by atoms with Gasteiger partial charge < -0.3 is 15.3 Å². The average molecular weight is 688 g/mol. The molecule has 0 spiro atoms. The molecule has 2 atom stereocenters. The van der Waals surface area contributed by atoms with Crippen LogP contribution >= 0.6 is 11.6 Å². The fraction of sp³-hybridized carbons (Fsp3) is 0.548. The number of fused-ring (bicyclic) bond motifs is 1. The Hall–Kier alpha value is -3.66. The number of piperazine rings is 1. The SMILES string of the molecule is Cc1cc2c(C3CCC(=O)NC3=O)nn(C)c2cc1N1CCN(CCCS(=O)N2CCC(Nc3ncc(Cl)cn3)CC2)CC1.O=CO. The van der Waals surface area contributed by atoms with Crippen LogP contribution in [-0.4, -0.2) is 114 Å². The van der Waals surface area contributed by atoms with E-state index in [0.717, 1.165) is 87.2 Å². The van der Waals surface area contributed by atoms with Crippen molar-refractivity contribution in [3.05, 3.63) is 40.8 Å². The molecule has 3 N–H and O–H groups in total. The molecule has 14 nitrogen and oxygen atoms in total. The van der Waals surface area contributed by atoms with E-state index in [0.29, 0.717) is 29.6 Å². The van der Waals surface area contributed by atoms with Crippen molar-refractivity contribution in [3.8, 4) is 0 Å². The molecule has 254 valence electrons. The number of amides is 2. The van der Waals surface area contributed by atoms with Crippen LogP contribution in [0, 0.1) is 6.92 Å². The average Bonchev–Trinajstić information content (AvgIpc) is 3.37. The lowest BCUT2D eigenvalue weighted by Crippen LogP contribution is -2.47. The van der Waals surface area contributed by atoms with E-state index in [2.05, 4.69) is 53.8 Å². The number of carbonyl (C=O) groups is 3. The summed E-state index contributed by atoms with van der Waals surface area (Å²) in [6.45, 7) is 8.17. The maximum atomic E-state index is 13.0. The van der Waals surface area contributed by atoms with Crippen LogP contribution in [0.2, 0.25) is 5.02 Å². The standard InChI is InChI=1S/C30H40ClN9O3S.CH2O2/c1-20-16-24-26(37(2)36-28(24)23-4-5-27(41)35-29(23)42)17-25(20)39-13-11-38(12-14-39)8-3-15-44(43)40-9-6-22(7-10-40)34-30-32-18-21(31)19-33-30;2-1-3/h16-19,22-23H,3-15H2,1-2H3,(H,32,33,34)(H,35,41,42);1H,(H,2,3). The number of nitrogens with one attached hydrogen (secondary N) is 2. The first-order valence-electron chi connectivity index (χ1n) is 15.9. The third-order valence-electron chi connectivity index (χ3n) is 8.97. The van der Waals surface area contributed by atoms with Crippen LogP contribution in [0.5, 0.6) is 0 Å². The minimum Gasteiger partial charge on any atom is -0.483 e. The number of halogens is 1. The van der Waals surface area contributed by atoms with Gasteiger partial charge in [0.1, 0.15) is 0 Å². The molecular weight excluding hydrogens is 646 g/mol. The highest BCUT2D eigenvalue weighted by Gasteiger charge is 2.32. The van der Waals surface area contributed by atoms with Crippen molar-refractivity contribution >= 4 is 63.4 Å². The highest BCUT2D eigenvalue weighted by Crippen LogP contribution is 2.34. The van der Waals surface area contributed by atoms with Crippen molar-refractivity contribution < 1.29 is 23.7 Å². The van der Waals surface area contributed by atoms with Gasteiger partial charge in [0.25, 0.3) is 6.47 Å². The smallest absolute Gasteiger partial charge is 0.290 e. The number of benzene rings is 1. The van der Waals surface area contributed by atoms with E-state index in [-0.39, 0.29) is 24.3 Å². The Balaban J connectivity index is 0.00000139. The molecular formula is C31H42ClN9O5S. The van der Waals surface area contributed by atoms with Crippen molar-refractivity contribution in [1.29, 1.82) is 0 Å². The van der Waals surface area contributed by atoms with Gasteiger partial charge in [-0.1, -0.05) is 11.6 Å². The first-order chi connectivity index (χ1) is 22.7. The summed E-state index contributed by atoms with van der Waals surface area (Å²) in [6.07, 6.45) is 6.72. The number of piperidine rings is 2. The van der Waals surface area contributed by atoms with Gasteiger partial charge in [-0.15, -0.1) is 0 Å². The van der Waals surface area contributed by atoms with Crippen molar-refractivity contribution in [3.63, 3.8) is 0 Å². The van der Waals surface area contributed by atoms with Crippen LogP contribution in [0.3, 0.4) is 0 Å². The van der Waals surface area contributed by atoms with Gasteiger partial charge in [-0.3, -0.25) is 29.3 Å². The summed E-state index contributed by atoms with van der Waals surface area (Å²) < 4.78 is 16.9.